The molecule has 0 unspecified atom stereocenters. The van der Waals surface area contributed by atoms with Crippen LogP contribution in [0.4, 0.5) is 13.2 Å². The standard InChI is InChI=1S/C15H9ClF3N3O2/c1-3-4-23-13-6-11(10(17)5-9(13)16)22-12(7-20)14(8(2)21-22)24-15(18)19/h1,5-6,15H,4H2,2H3. The van der Waals surface area contributed by atoms with Gasteiger partial charge in [0, 0.05) is 6.07 Å². The van der Waals surface area contributed by atoms with Gasteiger partial charge in [0.2, 0.25) is 0 Å². The van der Waals surface area contributed by atoms with Crippen molar-refractivity contribution in [1.82, 2.24) is 9.78 Å². The van der Waals surface area contributed by atoms with Gasteiger partial charge in [-0.1, -0.05) is 17.5 Å². The van der Waals surface area contributed by atoms with E-state index in [1.807, 2.05) is 0 Å². The van der Waals surface area contributed by atoms with E-state index in [0.29, 0.717) is 0 Å². The van der Waals surface area contributed by atoms with Crippen molar-refractivity contribution in [1.29, 1.82) is 5.26 Å². The molecule has 0 N–H and O–H groups in total. The number of nitrogens with zero attached hydrogens (tertiary/aromatic N) is 3. The molecule has 0 bridgehead atoms. The number of aromatic nitrogens is 2. The number of terminal acetylenes is 1. The molecule has 2 aromatic rings. The maximum absolute atomic E-state index is 14.2. The van der Waals surface area contributed by atoms with Crippen molar-refractivity contribution >= 4 is 11.6 Å². The van der Waals surface area contributed by atoms with E-state index in [0.717, 1.165) is 16.8 Å². The lowest BCUT2D eigenvalue weighted by molar-refractivity contribution is -0.0505. The number of alkyl halides is 2. The molecule has 0 amide bonds. The predicted octanol–water partition coefficient (Wildman–Crippen LogP) is 3.46. The average Bonchev–Trinajstić information content (AvgIpc) is 2.82. The summed E-state index contributed by atoms with van der Waals surface area (Å²) in [6, 6.07) is 3.76. The Labute approximate surface area is 140 Å². The molecule has 0 saturated heterocycles. The first-order valence-corrected chi connectivity index (χ1v) is 6.77. The van der Waals surface area contributed by atoms with Crippen LogP contribution in [0.3, 0.4) is 0 Å². The fourth-order valence-corrected chi connectivity index (χ4v) is 2.13. The lowest BCUT2D eigenvalue weighted by atomic mass is 10.2. The molecule has 1 aromatic heterocycles. The second-order valence-corrected chi connectivity index (χ2v) is 4.80. The largest absolute Gasteiger partial charge is 0.479 e. The number of nitriles is 1. The summed E-state index contributed by atoms with van der Waals surface area (Å²) in [6.45, 7) is -1.93. The van der Waals surface area contributed by atoms with E-state index >= 15 is 0 Å². The number of hydrogen-bond donors (Lipinski definition) is 0. The van der Waals surface area contributed by atoms with Crippen LogP contribution in [0.5, 0.6) is 11.5 Å². The molecule has 0 aliphatic rings. The SMILES string of the molecule is C#CCOc1cc(-n2nc(C)c(OC(F)F)c2C#N)c(F)cc1Cl. The maximum Gasteiger partial charge on any atom is 0.387 e. The normalized spacial score (nSPS) is 10.3. The Balaban J connectivity index is 2.60. The van der Waals surface area contributed by atoms with Gasteiger partial charge in [0.05, 0.1) is 5.02 Å². The van der Waals surface area contributed by atoms with Gasteiger partial charge in [0.25, 0.3) is 0 Å². The van der Waals surface area contributed by atoms with Crippen LogP contribution in [0, 0.1) is 36.4 Å². The Bertz CT molecular complexity index is 853. The number of ether oxygens (including phenoxy) is 2. The highest BCUT2D eigenvalue weighted by atomic mass is 35.5. The van der Waals surface area contributed by atoms with E-state index in [1.54, 1.807) is 6.07 Å². The van der Waals surface area contributed by atoms with Crippen molar-refractivity contribution in [2.24, 2.45) is 0 Å². The second kappa shape index (κ2) is 7.16. The summed E-state index contributed by atoms with van der Waals surface area (Å²) in [7, 11) is 0. The first-order valence-electron chi connectivity index (χ1n) is 6.39. The van der Waals surface area contributed by atoms with Gasteiger partial charge < -0.3 is 9.47 Å². The van der Waals surface area contributed by atoms with Gasteiger partial charge in [-0.2, -0.15) is 19.1 Å². The zero-order valence-electron chi connectivity index (χ0n) is 12.2. The molecule has 0 fully saturated rings. The maximum atomic E-state index is 14.2. The average molecular weight is 356 g/mol. The van der Waals surface area contributed by atoms with Gasteiger partial charge in [-0.25, -0.2) is 9.07 Å². The first-order chi connectivity index (χ1) is 11.4. The molecule has 0 aliphatic carbocycles. The van der Waals surface area contributed by atoms with Gasteiger partial charge in [0.15, 0.2) is 17.3 Å². The Morgan fingerprint density at radius 1 is 1.46 bits per heavy atom. The van der Waals surface area contributed by atoms with Gasteiger partial charge >= 0.3 is 6.61 Å². The molecule has 9 heteroatoms. The Morgan fingerprint density at radius 2 is 2.17 bits per heavy atom. The highest BCUT2D eigenvalue weighted by Crippen LogP contribution is 2.33. The Kier molecular flexibility index (Phi) is 5.22. The molecule has 5 nitrogen and oxygen atoms in total. The van der Waals surface area contributed by atoms with Crippen molar-refractivity contribution in [3.8, 4) is 35.6 Å². The van der Waals surface area contributed by atoms with Crippen molar-refractivity contribution in [3.63, 3.8) is 0 Å². The predicted molar refractivity (Wildman–Crippen MR) is 78.9 cm³/mol. The highest BCUT2D eigenvalue weighted by Gasteiger charge is 2.23. The summed E-state index contributed by atoms with van der Waals surface area (Å²) in [5.74, 6) is 1.00. The number of halogens is 4. The molecule has 0 saturated carbocycles. The molecule has 24 heavy (non-hydrogen) atoms. The zero-order chi connectivity index (χ0) is 17.9. The van der Waals surface area contributed by atoms with Crippen molar-refractivity contribution in [3.05, 3.63) is 34.4 Å². The minimum absolute atomic E-state index is 0.00714. The lowest BCUT2D eigenvalue weighted by Gasteiger charge is -2.10. The first kappa shape index (κ1) is 17.5. The van der Waals surface area contributed by atoms with E-state index in [2.05, 4.69) is 15.8 Å². The van der Waals surface area contributed by atoms with Crippen LogP contribution in [0.2, 0.25) is 5.02 Å². The molecular weight excluding hydrogens is 347 g/mol. The summed E-state index contributed by atoms with van der Waals surface area (Å²) in [5, 5.41) is 13.0. The van der Waals surface area contributed by atoms with Gasteiger partial charge in [-0.05, 0) is 13.0 Å². The number of hydrogen-bond acceptors (Lipinski definition) is 4. The molecule has 124 valence electrons. The van der Waals surface area contributed by atoms with Crippen LogP contribution >= 0.6 is 11.6 Å². The molecule has 0 aliphatic heterocycles. The summed E-state index contributed by atoms with van der Waals surface area (Å²) < 4.78 is 49.4. The molecule has 1 heterocycles. The zero-order valence-corrected chi connectivity index (χ0v) is 12.9. The van der Waals surface area contributed by atoms with Crippen LogP contribution in [-0.4, -0.2) is 23.0 Å². The number of benzene rings is 1. The van der Waals surface area contributed by atoms with Crippen LogP contribution < -0.4 is 9.47 Å². The van der Waals surface area contributed by atoms with E-state index in [4.69, 9.17) is 22.8 Å². The fraction of sp³-hybridized carbons (Fsp3) is 0.200. The molecule has 0 atom stereocenters. The third kappa shape index (κ3) is 3.39. The highest BCUT2D eigenvalue weighted by molar-refractivity contribution is 6.32. The molecule has 2 rings (SSSR count). The molecule has 0 radical (unpaired) electrons. The third-order valence-corrected chi connectivity index (χ3v) is 3.15. The quantitative estimate of drug-likeness (QED) is 0.771. The molecule has 1 aromatic carbocycles. The van der Waals surface area contributed by atoms with Crippen LogP contribution in [0.15, 0.2) is 12.1 Å². The second-order valence-electron chi connectivity index (χ2n) is 4.39. The topological polar surface area (TPSA) is 60.1 Å². The van der Waals surface area contributed by atoms with Crippen molar-refractivity contribution < 1.29 is 22.6 Å². The monoisotopic (exact) mass is 355 g/mol. The summed E-state index contributed by atoms with van der Waals surface area (Å²) in [4.78, 5) is 0. The van der Waals surface area contributed by atoms with Crippen LogP contribution in [0.25, 0.3) is 5.69 Å². The third-order valence-electron chi connectivity index (χ3n) is 2.86. The molecular formula is C15H9ClF3N3O2. The van der Waals surface area contributed by atoms with E-state index in [1.165, 1.54) is 6.92 Å². The minimum Gasteiger partial charge on any atom is -0.479 e. The lowest BCUT2D eigenvalue weighted by Crippen LogP contribution is -2.06. The number of rotatable bonds is 5. The minimum atomic E-state index is -3.15. The summed E-state index contributed by atoms with van der Waals surface area (Å²) in [6.07, 6.45) is 5.08. The Hall–Kier alpha value is -2.84. The number of aryl methyl sites for hydroxylation is 1. The van der Waals surface area contributed by atoms with E-state index < -0.39 is 23.9 Å². The fourth-order valence-electron chi connectivity index (χ4n) is 1.93. The van der Waals surface area contributed by atoms with Gasteiger partial charge in [-0.15, -0.1) is 6.42 Å². The van der Waals surface area contributed by atoms with Gasteiger partial charge in [-0.3, -0.25) is 0 Å². The van der Waals surface area contributed by atoms with E-state index in [-0.39, 0.29) is 28.8 Å². The summed E-state index contributed by atoms with van der Waals surface area (Å²) in [5.41, 5.74) is -0.626. The van der Waals surface area contributed by atoms with Crippen molar-refractivity contribution in [2.45, 2.75) is 13.5 Å². The summed E-state index contributed by atoms with van der Waals surface area (Å²) >= 11 is 5.85. The smallest absolute Gasteiger partial charge is 0.387 e. The Morgan fingerprint density at radius 3 is 2.75 bits per heavy atom. The van der Waals surface area contributed by atoms with Crippen LogP contribution in [-0.2, 0) is 0 Å². The van der Waals surface area contributed by atoms with Crippen molar-refractivity contribution in [2.75, 3.05) is 6.61 Å². The van der Waals surface area contributed by atoms with Crippen LogP contribution in [0.1, 0.15) is 11.4 Å². The van der Waals surface area contributed by atoms with Gasteiger partial charge in [0.1, 0.15) is 29.8 Å². The molecule has 0 spiro atoms. The van der Waals surface area contributed by atoms with E-state index in [9.17, 15) is 18.4 Å².